The van der Waals surface area contributed by atoms with E-state index in [4.69, 9.17) is 16.3 Å². The van der Waals surface area contributed by atoms with Gasteiger partial charge in [0.2, 0.25) is 5.82 Å². The monoisotopic (exact) mass is 474 g/mol. The second-order valence-electron chi connectivity index (χ2n) is 5.63. The molecule has 2 aromatic rings. The van der Waals surface area contributed by atoms with Crippen molar-refractivity contribution in [3.05, 3.63) is 57.0 Å². The van der Waals surface area contributed by atoms with E-state index in [1.807, 2.05) is 0 Å². The topological polar surface area (TPSA) is 70.4 Å². The summed E-state index contributed by atoms with van der Waals surface area (Å²) in [4.78, 5) is 26.6. The van der Waals surface area contributed by atoms with Crippen molar-refractivity contribution in [3.63, 3.8) is 0 Å². The molecule has 0 fully saturated rings. The average Bonchev–Trinajstić information content (AvgIpc) is 2.65. The molecule has 0 amide bonds. The number of ether oxygens (including phenoxy) is 2. The first-order chi connectivity index (χ1) is 14.3. The highest BCUT2D eigenvalue weighted by atomic mass is 35.5. The number of hydrogen-bond acceptors (Lipinski definition) is 5. The van der Waals surface area contributed by atoms with Crippen LogP contribution in [0.2, 0.25) is 5.02 Å². The smallest absolute Gasteiger partial charge is 0.459 e. The van der Waals surface area contributed by atoms with E-state index in [9.17, 15) is 40.3 Å². The van der Waals surface area contributed by atoms with Crippen LogP contribution < -0.4 is 15.0 Å². The van der Waals surface area contributed by atoms with Crippen LogP contribution in [0.4, 0.5) is 30.7 Å². The van der Waals surface area contributed by atoms with Crippen molar-refractivity contribution in [1.82, 2.24) is 9.55 Å². The second kappa shape index (κ2) is 8.57. The van der Waals surface area contributed by atoms with Gasteiger partial charge in [-0.15, -0.1) is 0 Å². The molecule has 0 radical (unpaired) electrons. The molecule has 0 bridgehead atoms. The maximum absolute atomic E-state index is 14.4. The lowest BCUT2D eigenvalue weighted by Gasteiger charge is -2.21. The van der Waals surface area contributed by atoms with Gasteiger partial charge in [0.1, 0.15) is 5.82 Å². The quantitative estimate of drug-likeness (QED) is 0.280. The van der Waals surface area contributed by atoms with Crippen LogP contribution in [0, 0.1) is 11.6 Å². The first-order valence-electron chi connectivity index (χ1n) is 7.91. The molecule has 1 heterocycles. The Morgan fingerprint density at radius 1 is 1.19 bits per heavy atom. The highest BCUT2D eigenvalue weighted by Gasteiger charge is 2.62. The Bertz CT molecular complexity index is 1110. The molecule has 0 unspecified atom stereocenters. The summed E-state index contributed by atoms with van der Waals surface area (Å²) >= 11 is 5.74. The molecule has 6 nitrogen and oxygen atoms in total. The van der Waals surface area contributed by atoms with Crippen molar-refractivity contribution >= 4 is 17.6 Å². The fourth-order valence-corrected chi connectivity index (χ4v) is 2.41. The number of rotatable bonds is 5. The third-order valence-electron chi connectivity index (χ3n) is 3.59. The van der Waals surface area contributed by atoms with Gasteiger partial charge in [0, 0.05) is 12.1 Å². The first-order valence-corrected chi connectivity index (χ1v) is 8.29. The predicted octanol–water partition coefficient (Wildman–Crippen LogP) is 4.31. The maximum atomic E-state index is 14.4. The summed E-state index contributed by atoms with van der Waals surface area (Å²) < 4.78 is 103. The van der Waals surface area contributed by atoms with Crippen LogP contribution in [0.5, 0.6) is 11.8 Å². The standard InChI is InChI=1S/C17H10ClF7N2O4/c1-3-4-11(28)31-10-6-9(8(19)5-7(10)18)27-14(29)12(20)13(26-15(27)30-2)16(21,22)17(23,24)25/h3-6H,1-2H3/b4-3+. The van der Waals surface area contributed by atoms with Gasteiger partial charge in [-0.25, -0.2) is 13.8 Å². The molecule has 0 atom stereocenters. The molecule has 1 aromatic carbocycles. The highest BCUT2D eigenvalue weighted by Crippen LogP contribution is 2.44. The Kier molecular flexibility index (Phi) is 6.69. The number of methoxy groups -OCH3 is 1. The molecule has 0 N–H and O–H groups in total. The molecule has 0 aliphatic rings. The molecule has 168 valence electrons. The number of carbonyl (C=O) groups excluding carboxylic acids is 1. The molecular formula is C17H10ClF7N2O4. The van der Waals surface area contributed by atoms with E-state index in [-0.39, 0.29) is 4.57 Å². The minimum Gasteiger partial charge on any atom is -0.468 e. The lowest BCUT2D eigenvalue weighted by molar-refractivity contribution is -0.292. The first kappa shape index (κ1) is 24.2. The van der Waals surface area contributed by atoms with Crippen LogP contribution in [-0.4, -0.2) is 28.8 Å². The predicted molar refractivity (Wildman–Crippen MR) is 91.7 cm³/mol. The number of esters is 1. The average molecular weight is 475 g/mol. The second-order valence-corrected chi connectivity index (χ2v) is 6.04. The van der Waals surface area contributed by atoms with Crippen LogP contribution in [0.1, 0.15) is 12.6 Å². The molecule has 1 aromatic heterocycles. The number of aromatic nitrogens is 2. The number of hydrogen-bond donors (Lipinski definition) is 0. The van der Waals surface area contributed by atoms with Crippen LogP contribution in [0.25, 0.3) is 5.69 Å². The number of benzene rings is 1. The summed E-state index contributed by atoms with van der Waals surface area (Å²) in [6.07, 6.45) is -4.06. The Morgan fingerprint density at radius 2 is 1.81 bits per heavy atom. The van der Waals surface area contributed by atoms with E-state index < -0.39 is 63.4 Å². The van der Waals surface area contributed by atoms with Crippen molar-refractivity contribution < 1.29 is 45.0 Å². The number of allylic oxidation sites excluding steroid dienone is 1. The van der Waals surface area contributed by atoms with Gasteiger partial charge in [-0.05, 0) is 13.0 Å². The summed E-state index contributed by atoms with van der Waals surface area (Å²) in [7, 11) is 0.701. The van der Waals surface area contributed by atoms with Gasteiger partial charge in [-0.1, -0.05) is 17.7 Å². The van der Waals surface area contributed by atoms with Gasteiger partial charge < -0.3 is 9.47 Å². The zero-order valence-electron chi connectivity index (χ0n) is 15.4. The molecular weight excluding hydrogens is 465 g/mol. The minimum atomic E-state index is -6.29. The van der Waals surface area contributed by atoms with Gasteiger partial charge in [-0.2, -0.15) is 31.3 Å². The summed E-state index contributed by atoms with van der Waals surface area (Å²) in [6.45, 7) is 1.47. The lowest BCUT2D eigenvalue weighted by atomic mass is 10.2. The van der Waals surface area contributed by atoms with Crippen LogP contribution in [0.3, 0.4) is 0 Å². The van der Waals surface area contributed by atoms with Gasteiger partial charge >= 0.3 is 24.1 Å². The molecule has 2 rings (SSSR count). The fraction of sp³-hybridized carbons (Fsp3) is 0.235. The molecule has 0 spiro atoms. The summed E-state index contributed by atoms with van der Waals surface area (Å²) in [6, 6.07) is -0.180. The largest absolute Gasteiger partial charge is 0.468 e. The van der Waals surface area contributed by atoms with Crippen molar-refractivity contribution in [2.75, 3.05) is 7.11 Å². The zero-order valence-corrected chi connectivity index (χ0v) is 16.1. The third-order valence-corrected chi connectivity index (χ3v) is 3.88. The van der Waals surface area contributed by atoms with Gasteiger partial charge in [-0.3, -0.25) is 4.79 Å². The molecule has 14 heteroatoms. The van der Waals surface area contributed by atoms with Gasteiger partial charge in [0.15, 0.2) is 11.4 Å². The third kappa shape index (κ3) is 4.50. The number of nitrogens with zero attached hydrogens (tertiary/aromatic N) is 2. The van der Waals surface area contributed by atoms with E-state index in [1.165, 1.54) is 13.0 Å². The molecule has 0 saturated carbocycles. The Hall–Kier alpha value is -3.09. The van der Waals surface area contributed by atoms with Crippen molar-refractivity contribution in [2.24, 2.45) is 0 Å². The Morgan fingerprint density at radius 3 is 2.32 bits per heavy atom. The molecule has 0 aliphatic heterocycles. The summed E-state index contributed by atoms with van der Waals surface area (Å²) in [5.41, 5.74) is -5.66. The van der Waals surface area contributed by atoms with Crippen LogP contribution >= 0.6 is 11.6 Å². The highest BCUT2D eigenvalue weighted by molar-refractivity contribution is 6.32. The van der Waals surface area contributed by atoms with Crippen molar-refractivity contribution in [2.45, 2.75) is 19.0 Å². The summed E-state index contributed by atoms with van der Waals surface area (Å²) in [5.74, 6) is -11.3. The number of alkyl halides is 5. The number of carbonyl (C=O) groups is 1. The van der Waals surface area contributed by atoms with E-state index in [0.29, 0.717) is 19.2 Å². The van der Waals surface area contributed by atoms with Gasteiger partial charge in [0.05, 0.1) is 17.8 Å². The number of halogens is 8. The Labute approximate surface area is 173 Å². The summed E-state index contributed by atoms with van der Waals surface area (Å²) in [5, 5.41) is -0.472. The van der Waals surface area contributed by atoms with Crippen LogP contribution in [0.15, 0.2) is 29.1 Å². The zero-order chi connectivity index (χ0) is 23.7. The SMILES string of the molecule is C/C=C/C(=O)Oc1cc(-n2c(OC)nc(C(F)(F)C(F)(F)F)c(F)c2=O)c(F)cc1Cl. The van der Waals surface area contributed by atoms with E-state index in [2.05, 4.69) is 9.72 Å². The fourth-order valence-electron chi connectivity index (χ4n) is 2.22. The molecule has 31 heavy (non-hydrogen) atoms. The molecule has 0 aliphatic carbocycles. The Balaban J connectivity index is 2.79. The van der Waals surface area contributed by atoms with Crippen molar-refractivity contribution in [1.29, 1.82) is 0 Å². The van der Waals surface area contributed by atoms with E-state index in [0.717, 1.165) is 6.08 Å². The van der Waals surface area contributed by atoms with Gasteiger partial charge in [0.25, 0.3) is 5.56 Å². The normalized spacial score (nSPS) is 12.3. The van der Waals surface area contributed by atoms with Crippen LogP contribution in [-0.2, 0) is 10.7 Å². The minimum absolute atomic E-state index is 0.0655. The van der Waals surface area contributed by atoms with Crippen molar-refractivity contribution in [3.8, 4) is 17.4 Å². The molecule has 0 saturated heterocycles. The lowest BCUT2D eigenvalue weighted by Crippen LogP contribution is -2.39. The van der Waals surface area contributed by atoms with E-state index in [1.54, 1.807) is 0 Å². The maximum Gasteiger partial charge on any atom is 0.459 e. The van der Waals surface area contributed by atoms with E-state index >= 15 is 0 Å².